The van der Waals surface area contributed by atoms with Crippen LogP contribution in [0.2, 0.25) is 0 Å². The Bertz CT molecular complexity index is 577. The maximum absolute atomic E-state index is 11.7. The maximum Gasteiger partial charge on any atom is 0.276 e. The number of ether oxygens (including phenoxy) is 1. The molecular formula is C17H20N2O2. The average molecular weight is 284 g/mol. The molecule has 0 aliphatic carbocycles. The molecule has 0 radical (unpaired) electrons. The summed E-state index contributed by atoms with van der Waals surface area (Å²) in [6.07, 6.45) is 0.987. The minimum absolute atomic E-state index is 0.0235. The molecule has 2 aromatic carbocycles. The van der Waals surface area contributed by atoms with E-state index >= 15 is 0 Å². The van der Waals surface area contributed by atoms with Gasteiger partial charge in [0.05, 0.1) is 5.69 Å². The van der Waals surface area contributed by atoms with Gasteiger partial charge in [0, 0.05) is 0 Å². The van der Waals surface area contributed by atoms with Crippen LogP contribution in [0, 0.1) is 6.92 Å². The summed E-state index contributed by atoms with van der Waals surface area (Å²) in [7, 11) is 0. The van der Waals surface area contributed by atoms with Crippen LogP contribution < -0.4 is 15.6 Å². The van der Waals surface area contributed by atoms with Crippen LogP contribution in [0.4, 0.5) is 5.69 Å². The lowest BCUT2D eigenvalue weighted by atomic mass is 10.2. The number of rotatable bonds is 6. The molecular weight excluding hydrogens is 264 g/mol. The zero-order chi connectivity index (χ0) is 15.1. The number of carbonyl (C=O) groups is 1. The highest BCUT2D eigenvalue weighted by Gasteiger charge is 2.02. The predicted octanol–water partition coefficient (Wildman–Crippen LogP) is 3.08. The van der Waals surface area contributed by atoms with Gasteiger partial charge in [-0.3, -0.25) is 15.6 Å². The van der Waals surface area contributed by atoms with Gasteiger partial charge in [-0.25, -0.2) is 0 Å². The second-order valence-corrected chi connectivity index (χ2v) is 4.83. The Labute approximate surface area is 125 Å². The summed E-state index contributed by atoms with van der Waals surface area (Å²) in [4.78, 5) is 11.7. The summed E-state index contributed by atoms with van der Waals surface area (Å²) in [5.74, 6) is 0.466. The molecule has 0 atom stereocenters. The van der Waals surface area contributed by atoms with Crippen molar-refractivity contribution in [1.82, 2.24) is 5.43 Å². The average Bonchev–Trinajstić information content (AvgIpc) is 2.53. The number of benzene rings is 2. The van der Waals surface area contributed by atoms with Gasteiger partial charge in [0.15, 0.2) is 6.61 Å². The number of carbonyl (C=O) groups excluding carboxylic acids is 1. The molecule has 2 N–H and O–H groups in total. The van der Waals surface area contributed by atoms with Gasteiger partial charge >= 0.3 is 0 Å². The number of hydrazine groups is 1. The van der Waals surface area contributed by atoms with E-state index < -0.39 is 0 Å². The molecule has 110 valence electrons. The van der Waals surface area contributed by atoms with Crippen molar-refractivity contribution in [2.75, 3.05) is 12.0 Å². The molecule has 21 heavy (non-hydrogen) atoms. The summed E-state index contributed by atoms with van der Waals surface area (Å²) in [5, 5.41) is 0. The van der Waals surface area contributed by atoms with Crippen LogP contribution >= 0.6 is 0 Å². The van der Waals surface area contributed by atoms with E-state index in [1.54, 1.807) is 0 Å². The Morgan fingerprint density at radius 1 is 1.05 bits per heavy atom. The van der Waals surface area contributed by atoms with E-state index in [9.17, 15) is 4.79 Å². The zero-order valence-electron chi connectivity index (χ0n) is 12.3. The lowest BCUT2D eigenvalue weighted by Gasteiger charge is -2.10. The molecule has 2 rings (SSSR count). The van der Waals surface area contributed by atoms with E-state index in [4.69, 9.17) is 4.74 Å². The van der Waals surface area contributed by atoms with Gasteiger partial charge in [-0.1, -0.05) is 36.8 Å². The molecule has 1 amide bonds. The highest BCUT2D eigenvalue weighted by atomic mass is 16.5. The molecule has 0 spiro atoms. The minimum atomic E-state index is -0.227. The zero-order valence-corrected chi connectivity index (χ0v) is 12.3. The molecule has 4 heteroatoms. The maximum atomic E-state index is 11.7. The minimum Gasteiger partial charge on any atom is -0.484 e. The number of hydrogen-bond donors (Lipinski definition) is 2. The van der Waals surface area contributed by atoms with Gasteiger partial charge in [0.2, 0.25) is 0 Å². The lowest BCUT2D eigenvalue weighted by molar-refractivity contribution is -0.122. The van der Waals surface area contributed by atoms with Crippen molar-refractivity contribution in [2.24, 2.45) is 0 Å². The first-order valence-electron chi connectivity index (χ1n) is 7.00. The first-order chi connectivity index (χ1) is 10.2. The van der Waals surface area contributed by atoms with Gasteiger partial charge in [-0.05, 0) is 43.2 Å². The number of aryl methyl sites for hydroxylation is 2. The highest BCUT2D eigenvalue weighted by Crippen LogP contribution is 2.12. The number of nitrogens with one attached hydrogen (secondary N) is 2. The number of hydrogen-bond acceptors (Lipinski definition) is 3. The van der Waals surface area contributed by atoms with Gasteiger partial charge < -0.3 is 4.74 Å². The molecule has 0 fully saturated rings. The Hall–Kier alpha value is -2.49. The van der Waals surface area contributed by atoms with Crippen molar-refractivity contribution in [2.45, 2.75) is 20.3 Å². The quantitative estimate of drug-likeness (QED) is 0.801. The first-order valence-corrected chi connectivity index (χ1v) is 7.00. The molecule has 0 saturated heterocycles. The van der Waals surface area contributed by atoms with Gasteiger partial charge in [-0.15, -0.1) is 0 Å². The van der Waals surface area contributed by atoms with E-state index in [0.29, 0.717) is 5.75 Å². The first kappa shape index (κ1) is 14.9. The van der Waals surface area contributed by atoms with Gasteiger partial charge in [0.25, 0.3) is 5.91 Å². The van der Waals surface area contributed by atoms with Gasteiger partial charge in [-0.2, -0.15) is 0 Å². The molecule has 0 unspecified atom stereocenters. The molecule has 0 bridgehead atoms. The van der Waals surface area contributed by atoms with E-state index in [0.717, 1.165) is 12.1 Å². The monoisotopic (exact) mass is 284 g/mol. The Kier molecular flexibility index (Phi) is 5.21. The van der Waals surface area contributed by atoms with E-state index in [2.05, 4.69) is 17.8 Å². The van der Waals surface area contributed by atoms with E-state index in [1.165, 1.54) is 11.1 Å². The van der Waals surface area contributed by atoms with Crippen LogP contribution in [0.15, 0.2) is 48.5 Å². The molecule has 2 aromatic rings. The Morgan fingerprint density at radius 2 is 1.71 bits per heavy atom. The number of amides is 1. The van der Waals surface area contributed by atoms with Crippen molar-refractivity contribution in [1.29, 1.82) is 0 Å². The van der Waals surface area contributed by atoms with E-state index in [-0.39, 0.29) is 12.5 Å². The summed E-state index contributed by atoms with van der Waals surface area (Å²) in [5.41, 5.74) is 8.69. The van der Waals surface area contributed by atoms with Gasteiger partial charge in [0.1, 0.15) is 5.75 Å². The molecule has 0 aliphatic heterocycles. The van der Waals surface area contributed by atoms with Crippen molar-refractivity contribution in [3.05, 3.63) is 59.7 Å². The normalized spacial score (nSPS) is 10.0. The largest absolute Gasteiger partial charge is 0.484 e. The summed E-state index contributed by atoms with van der Waals surface area (Å²) in [6, 6.07) is 15.5. The van der Waals surface area contributed by atoms with Crippen LogP contribution in [0.1, 0.15) is 18.1 Å². The van der Waals surface area contributed by atoms with Crippen molar-refractivity contribution in [3.63, 3.8) is 0 Å². The third-order valence-electron chi connectivity index (χ3n) is 3.10. The molecule has 0 saturated carbocycles. The molecule has 4 nitrogen and oxygen atoms in total. The molecule has 0 heterocycles. The second kappa shape index (κ2) is 7.33. The van der Waals surface area contributed by atoms with Crippen molar-refractivity contribution in [3.8, 4) is 5.75 Å². The fourth-order valence-electron chi connectivity index (χ4n) is 1.79. The van der Waals surface area contributed by atoms with Crippen LogP contribution in [0.5, 0.6) is 5.75 Å². The second-order valence-electron chi connectivity index (χ2n) is 4.83. The Morgan fingerprint density at radius 3 is 2.33 bits per heavy atom. The SMILES string of the molecule is CCc1ccc(OCC(=O)NNc2ccc(C)cc2)cc1. The van der Waals surface area contributed by atoms with Crippen LogP contribution in [-0.4, -0.2) is 12.5 Å². The highest BCUT2D eigenvalue weighted by molar-refractivity contribution is 5.78. The summed E-state index contributed by atoms with van der Waals surface area (Å²) >= 11 is 0. The topological polar surface area (TPSA) is 50.4 Å². The van der Waals surface area contributed by atoms with Crippen molar-refractivity contribution >= 4 is 11.6 Å². The third-order valence-corrected chi connectivity index (χ3v) is 3.10. The molecule has 0 aliphatic rings. The fourth-order valence-corrected chi connectivity index (χ4v) is 1.79. The Balaban J connectivity index is 1.75. The van der Waals surface area contributed by atoms with E-state index in [1.807, 2.05) is 55.5 Å². The van der Waals surface area contributed by atoms with Crippen molar-refractivity contribution < 1.29 is 9.53 Å². The predicted molar refractivity (Wildman–Crippen MR) is 84.3 cm³/mol. The summed E-state index contributed by atoms with van der Waals surface area (Å²) < 4.78 is 5.42. The standard InChI is InChI=1S/C17H20N2O2/c1-3-14-6-10-16(11-7-14)21-12-17(20)19-18-15-8-4-13(2)5-9-15/h4-11,18H,3,12H2,1-2H3,(H,19,20). The van der Waals surface area contributed by atoms with Crippen LogP contribution in [-0.2, 0) is 11.2 Å². The molecule has 0 aromatic heterocycles. The smallest absolute Gasteiger partial charge is 0.276 e. The number of anilines is 1. The third kappa shape index (κ3) is 4.84. The fraction of sp³-hybridized carbons (Fsp3) is 0.235. The van der Waals surface area contributed by atoms with Crippen LogP contribution in [0.25, 0.3) is 0 Å². The summed E-state index contributed by atoms with van der Waals surface area (Å²) in [6.45, 7) is 4.09. The van der Waals surface area contributed by atoms with Crippen LogP contribution in [0.3, 0.4) is 0 Å². The lowest BCUT2D eigenvalue weighted by Crippen LogP contribution is -2.33.